The summed E-state index contributed by atoms with van der Waals surface area (Å²) in [5.74, 6) is -0.131. The molecular weight excluding hydrogens is 395 g/mol. The van der Waals surface area contributed by atoms with Crippen LogP contribution in [0.4, 0.5) is 15.8 Å². The fraction of sp³-hybridized carbons (Fsp3) is 0.304. The lowest BCUT2D eigenvalue weighted by Gasteiger charge is -2.38. The number of nitrogens with zero attached hydrogens (tertiary/aromatic N) is 3. The Labute approximate surface area is 177 Å². The molecule has 4 aromatic rings. The van der Waals surface area contributed by atoms with Gasteiger partial charge in [-0.1, -0.05) is 6.07 Å². The number of rotatable bonds is 2. The maximum Gasteiger partial charge on any atom is 0.261 e. The summed E-state index contributed by atoms with van der Waals surface area (Å²) in [6.07, 6.45) is 2.54. The lowest BCUT2D eigenvalue weighted by Crippen LogP contribution is -2.50. The first-order valence-corrected chi connectivity index (χ1v) is 10.7. The molecule has 31 heavy (non-hydrogen) atoms. The minimum atomic E-state index is -0.475. The third-order valence-electron chi connectivity index (χ3n) is 6.68. The number of piperazine rings is 1. The zero-order valence-corrected chi connectivity index (χ0v) is 17.0. The predicted octanol–water partition coefficient (Wildman–Crippen LogP) is 3.08. The Balaban J connectivity index is 1.41. The van der Waals surface area contributed by atoms with Gasteiger partial charge in [-0.25, -0.2) is 9.37 Å². The number of anilines is 2. The van der Waals surface area contributed by atoms with E-state index in [1.165, 1.54) is 25.5 Å². The molecule has 1 atom stereocenters. The van der Waals surface area contributed by atoms with Gasteiger partial charge in [-0.05, 0) is 49.7 Å². The molecule has 2 aromatic carbocycles. The van der Waals surface area contributed by atoms with Crippen molar-refractivity contribution in [2.24, 2.45) is 0 Å². The second kappa shape index (κ2) is 6.81. The van der Waals surface area contributed by atoms with E-state index < -0.39 is 11.4 Å². The molecule has 158 valence electrons. The second-order valence-electron chi connectivity index (χ2n) is 8.47. The van der Waals surface area contributed by atoms with Crippen molar-refractivity contribution in [3.05, 3.63) is 52.6 Å². The fourth-order valence-corrected chi connectivity index (χ4v) is 5.11. The highest BCUT2D eigenvalue weighted by Crippen LogP contribution is 2.31. The van der Waals surface area contributed by atoms with Gasteiger partial charge < -0.3 is 20.6 Å². The molecule has 0 amide bonds. The maximum atomic E-state index is 14.4. The van der Waals surface area contributed by atoms with Gasteiger partial charge in [0.2, 0.25) is 0 Å². The number of aromatic nitrogens is 3. The van der Waals surface area contributed by atoms with E-state index >= 15 is 0 Å². The van der Waals surface area contributed by atoms with E-state index in [2.05, 4.69) is 36.9 Å². The first kappa shape index (κ1) is 18.4. The molecule has 4 N–H and O–H groups in total. The summed E-state index contributed by atoms with van der Waals surface area (Å²) in [5.41, 5.74) is 9.17. The standard InChI is InChI=1S/C23H23FN6O/c24-15-4-1-5-17-19(15)21(25)20(23(31)28-17)22-26-16-7-6-13(11-18(16)27-22)30-10-9-29-8-2-3-14(29)12-30/h1,4-7,11,14H,2-3,8-10,12H2,(H,26,27)(H3,25,28,31)/t14-/m0/s1. The minimum absolute atomic E-state index is 0.0912. The normalized spacial score (nSPS) is 19.4. The third-order valence-corrected chi connectivity index (χ3v) is 6.68. The van der Waals surface area contributed by atoms with E-state index in [0.717, 1.165) is 36.4 Å². The van der Waals surface area contributed by atoms with Crippen molar-refractivity contribution in [2.75, 3.05) is 36.8 Å². The van der Waals surface area contributed by atoms with Gasteiger partial charge in [0, 0.05) is 31.4 Å². The number of benzene rings is 2. The number of H-pyrrole nitrogens is 2. The van der Waals surface area contributed by atoms with Crippen molar-refractivity contribution in [3.8, 4) is 11.4 Å². The van der Waals surface area contributed by atoms with Crippen LogP contribution in [0.1, 0.15) is 12.8 Å². The molecule has 2 aromatic heterocycles. The Bertz CT molecular complexity index is 1380. The molecule has 0 radical (unpaired) electrons. The Morgan fingerprint density at radius 2 is 2.00 bits per heavy atom. The highest BCUT2D eigenvalue weighted by atomic mass is 19.1. The number of aromatic amines is 2. The number of hydrogen-bond acceptors (Lipinski definition) is 5. The van der Waals surface area contributed by atoms with Crippen molar-refractivity contribution < 1.29 is 4.39 Å². The number of fused-ring (bicyclic) bond motifs is 3. The maximum absolute atomic E-state index is 14.4. The number of nitrogens with one attached hydrogen (secondary N) is 2. The number of nitrogens with two attached hydrogens (primary N) is 1. The average molecular weight is 418 g/mol. The summed E-state index contributed by atoms with van der Waals surface area (Å²) in [6.45, 7) is 4.33. The number of halogens is 1. The first-order chi connectivity index (χ1) is 15.1. The monoisotopic (exact) mass is 418 g/mol. The molecule has 0 aliphatic carbocycles. The summed E-state index contributed by atoms with van der Waals surface area (Å²) in [4.78, 5) is 28.3. The molecule has 4 heterocycles. The van der Waals surface area contributed by atoms with E-state index in [-0.39, 0.29) is 16.6 Å². The van der Waals surface area contributed by atoms with Crippen LogP contribution >= 0.6 is 0 Å². The molecule has 8 heteroatoms. The quantitative estimate of drug-likeness (QED) is 0.465. The molecule has 6 rings (SSSR count). The van der Waals surface area contributed by atoms with Crippen molar-refractivity contribution in [1.29, 1.82) is 0 Å². The van der Waals surface area contributed by atoms with Crippen molar-refractivity contribution in [1.82, 2.24) is 19.9 Å². The third kappa shape index (κ3) is 2.90. The Kier molecular flexibility index (Phi) is 4.04. The topological polar surface area (TPSA) is 94.0 Å². The van der Waals surface area contributed by atoms with Crippen LogP contribution in [0.15, 0.2) is 41.2 Å². The minimum Gasteiger partial charge on any atom is -0.397 e. The Morgan fingerprint density at radius 1 is 1.10 bits per heavy atom. The van der Waals surface area contributed by atoms with Gasteiger partial charge in [-0.15, -0.1) is 0 Å². The van der Waals surface area contributed by atoms with E-state index in [0.29, 0.717) is 17.4 Å². The Hall–Kier alpha value is -3.39. The molecule has 0 saturated carbocycles. The van der Waals surface area contributed by atoms with Crippen molar-refractivity contribution in [2.45, 2.75) is 18.9 Å². The molecule has 2 aliphatic rings. The summed E-state index contributed by atoms with van der Waals surface area (Å²) in [7, 11) is 0. The average Bonchev–Trinajstić information content (AvgIpc) is 3.39. The fourth-order valence-electron chi connectivity index (χ4n) is 5.11. The summed E-state index contributed by atoms with van der Waals surface area (Å²) in [5, 5.41) is 0.202. The van der Waals surface area contributed by atoms with Crippen LogP contribution in [0.2, 0.25) is 0 Å². The second-order valence-corrected chi connectivity index (χ2v) is 8.47. The molecular formula is C23H23FN6O. The smallest absolute Gasteiger partial charge is 0.261 e. The van der Waals surface area contributed by atoms with Gasteiger partial charge >= 0.3 is 0 Å². The summed E-state index contributed by atoms with van der Waals surface area (Å²) >= 11 is 0. The molecule has 2 aliphatic heterocycles. The van der Waals surface area contributed by atoms with E-state index in [1.54, 1.807) is 12.1 Å². The van der Waals surface area contributed by atoms with Crippen LogP contribution in [-0.4, -0.2) is 52.1 Å². The first-order valence-electron chi connectivity index (χ1n) is 10.7. The van der Waals surface area contributed by atoms with Gasteiger partial charge in [-0.2, -0.15) is 0 Å². The molecule has 2 fully saturated rings. The van der Waals surface area contributed by atoms with Crippen molar-refractivity contribution in [3.63, 3.8) is 0 Å². The molecule has 0 unspecified atom stereocenters. The molecule has 0 spiro atoms. The largest absolute Gasteiger partial charge is 0.397 e. The van der Waals surface area contributed by atoms with Gasteiger partial charge in [0.15, 0.2) is 0 Å². The van der Waals surface area contributed by atoms with Crippen LogP contribution in [-0.2, 0) is 0 Å². The molecule has 0 bridgehead atoms. The summed E-state index contributed by atoms with van der Waals surface area (Å²) in [6, 6.07) is 11.2. The number of imidazole rings is 1. The molecule has 2 saturated heterocycles. The number of nitrogen functional groups attached to an aromatic ring is 1. The van der Waals surface area contributed by atoms with Crippen molar-refractivity contribution >= 4 is 33.3 Å². The van der Waals surface area contributed by atoms with Crippen LogP contribution in [0.5, 0.6) is 0 Å². The molecule has 7 nitrogen and oxygen atoms in total. The highest BCUT2D eigenvalue weighted by Gasteiger charge is 2.30. The van der Waals surface area contributed by atoms with Crippen LogP contribution in [0.25, 0.3) is 33.3 Å². The van der Waals surface area contributed by atoms with Gasteiger partial charge in [0.1, 0.15) is 17.2 Å². The van der Waals surface area contributed by atoms with E-state index in [1.807, 2.05) is 6.07 Å². The van der Waals surface area contributed by atoms with Gasteiger partial charge in [0.05, 0.1) is 27.6 Å². The van der Waals surface area contributed by atoms with Crippen LogP contribution in [0, 0.1) is 5.82 Å². The van der Waals surface area contributed by atoms with Crippen LogP contribution < -0.4 is 16.2 Å². The zero-order valence-electron chi connectivity index (χ0n) is 17.0. The summed E-state index contributed by atoms with van der Waals surface area (Å²) < 4.78 is 14.4. The predicted molar refractivity (Wildman–Crippen MR) is 121 cm³/mol. The lowest BCUT2D eigenvalue weighted by molar-refractivity contribution is 0.231. The van der Waals surface area contributed by atoms with Gasteiger partial charge in [-0.3, -0.25) is 9.69 Å². The lowest BCUT2D eigenvalue weighted by atomic mass is 10.1. The number of hydrogen-bond donors (Lipinski definition) is 3. The zero-order chi connectivity index (χ0) is 21.1. The number of pyridine rings is 1. The van der Waals surface area contributed by atoms with Gasteiger partial charge in [0.25, 0.3) is 5.56 Å². The van der Waals surface area contributed by atoms with E-state index in [9.17, 15) is 9.18 Å². The SMILES string of the molecule is Nc1c(-c2nc3ccc(N4CCN5CCC[C@H]5C4)cc3[nH]2)c(=O)[nH]c2cccc(F)c12. The van der Waals surface area contributed by atoms with E-state index in [4.69, 9.17) is 5.73 Å². The van der Waals surface area contributed by atoms with Crippen LogP contribution in [0.3, 0.4) is 0 Å². The highest BCUT2D eigenvalue weighted by molar-refractivity contribution is 5.98. The Morgan fingerprint density at radius 3 is 2.90 bits per heavy atom.